The number of furan rings is 1. The normalized spacial score (nSPS) is 20.8. The average molecular weight is 350 g/mol. The maximum Gasteiger partial charge on any atom is 0.374 e. The third-order valence-electron chi connectivity index (χ3n) is 4.47. The highest BCUT2D eigenvalue weighted by atomic mass is 35.5. The molecule has 1 amide bonds. The molecule has 1 saturated carbocycles. The largest absolute Gasteiger partial charge is 0.450 e. The maximum atomic E-state index is 12.0. The van der Waals surface area contributed by atoms with Crippen molar-refractivity contribution in [2.45, 2.75) is 38.6 Å². The van der Waals surface area contributed by atoms with Crippen LogP contribution in [0.15, 0.2) is 28.7 Å². The van der Waals surface area contributed by atoms with E-state index < -0.39 is 5.97 Å². The summed E-state index contributed by atoms with van der Waals surface area (Å²) in [7, 11) is 0. The van der Waals surface area contributed by atoms with Gasteiger partial charge in [-0.05, 0) is 43.0 Å². The number of benzene rings is 1. The number of rotatable bonds is 4. The number of carbonyl (C=O) groups is 2. The molecule has 0 unspecified atom stereocenters. The highest BCUT2D eigenvalue weighted by Crippen LogP contribution is 2.24. The summed E-state index contributed by atoms with van der Waals surface area (Å²) >= 11 is 5.90. The summed E-state index contributed by atoms with van der Waals surface area (Å²) in [6, 6.07) is 6.80. The highest BCUT2D eigenvalue weighted by Gasteiger charge is 2.23. The third kappa shape index (κ3) is 3.90. The van der Waals surface area contributed by atoms with Gasteiger partial charge in [-0.2, -0.15) is 0 Å². The molecular formula is C18H20ClNO4. The summed E-state index contributed by atoms with van der Waals surface area (Å²) in [5.41, 5.74) is 0.548. The van der Waals surface area contributed by atoms with Gasteiger partial charge in [-0.15, -0.1) is 0 Å². The van der Waals surface area contributed by atoms with E-state index in [1.54, 1.807) is 24.3 Å². The predicted molar refractivity (Wildman–Crippen MR) is 91.1 cm³/mol. The van der Waals surface area contributed by atoms with Gasteiger partial charge in [0.05, 0.1) is 0 Å². The zero-order chi connectivity index (χ0) is 17.1. The van der Waals surface area contributed by atoms with Gasteiger partial charge >= 0.3 is 5.97 Å². The molecule has 6 heteroatoms. The van der Waals surface area contributed by atoms with Crippen LogP contribution >= 0.6 is 11.6 Å². The molecule has 2 aromatic rings. The second-order valence-corrected chi connectivity index (χ2v) is 6.74. The highest BCUT2D eigenvalue weighted by molar-refractivity contribution is 6.31. The first-order valence-corrected chi connectivity index (χ1v) is 8.56. The molecular weight excluding hydrogens is 330 g/mol. The number of fused-ring (bicyclic) bond motifs is 1. The maximum absolute atomic E-state index is 12.0. The van der Waals surface area contributed by atoms with Crippen LogP contribution in [0.2, 0.25) is 5.02 Å². The van der Waals surface area contributed by atoms with Crippen LogP contribution in [0.5, 0.6) is 0 Å². The molecule has 1 heterocycles. The van der Waals surface area contributed by atoms with Gasteiger partial charge in [0.15, 0.2) is 6.61 Å². The van der Waals surface area contributed by atoms with Crippen molar-refractivity contribution >= 4 is 34.4 Å². The summed E-state index contributed by atoms with van der Waals surface area (Å²) in [6.45, 7) is 1.83. The van der Waals surface area contributed by atoms with E-state index in [4.69, 9.17) is 20.8 Å². The van der Waals surface area contributed by atoms with Crippen molar-refractivity contribution in [2.24, 2.45) is 5.92 Å². The minimum Gasteiger partial charge on any atom is -0.450 e. The molecule has 1 aliphatic rings. The Morgan fingerprint density at radius 3 is 2.88 bits per heavy atom. The zero-order valence-corrected chi connectivity index (χ0v) is 14.3. The predicted octanol–water partition coefficient (Wildman–Crippen LogP) is 3.94. The lowest BCUT2D eigenvalue weighted by Gasteiger charge is -2.29. The number of hydrogen-bond donors (Lipinski definition) is 1. The third-order valence-corrected chi connectivity index (χ3v) is 4.71. The first-order chi connectivity index (χ1) is 11.5. The van der Waals surface area contributed by atoms with Crippen molar-refractivity contribution < 1.29 is 18.7 Å². The van der Waals surface area contributed by atoms with Crippen LogP contribution in [0.1, 0.15) is 43.2 Å². The summed E-state index contributed by atoms with van der Waals surface area (Å²) in [5, 5.41) is 4.22. The second-order valence-electron chi connectivity index (χ2n) is 6.30. The van der Waals surface area contributed by atoms with E-state index in [-0.39, 0.29) is 24.3 Å². The minimum absolute atomic E-state index is 0.0612. The Hall–Kier alpha value is -2.01. The Kier molecular flexibility index (Phi) is 5.09. The summed E-state index contributed by atoms with van der Waals surface area (Å²) in [5.74, 6) is -0.417. The van der Waals surface area contributed by atoms with Crippen molar-refractivity contribution in [1.82, 2.24) is 5.32 Å². The monoisotopic (exact) mass is 349 g/mol. The molecule has 1 fully saturated rings. The molecule has 1 aliphatic carbocycles. The first-order valence-electron chi connectivity index (χ1n) is 8.18. The van der Waals surface area contributed by atoms with Gasteiger partial charge in [-0.3, -0.25) is 4.79 Å². The average Bonchev–Trinajstić information content (AvgIpc) is 2.98. The van der Waals surface area contributed by atoms with Crippen molar-refractivity contribution in [1.29, 1.82) is 0 Å². The standard InChI is InChI=1S/C18H20ClNO4/c1-11-4-2-3-5-14(11)20-17(21)10-23-18(22)16-9-12-8-13(19)6-7-15(12)24-16/h6-9,11,14H,2-5,10H2,1H3,(H,20,21)/t11-,14+/m0/s1. The molecule has 0 radical (unpaired) electrons. The number of carbonyl (C=O) groups excluding carboxylic acids is 2. The van der Waals surface area contributed by atoms with E-state index in [9.17, 15) is 9.59 Å². The van der Waals surface area contributed by atoms with Crippen LogP contribution in [0.25, 0.3) is 11.0 Å². The minimum atomic E-state index is -0.658. The molecule has 2 atom stereocenters. The van der Waals surface area contributed by atoms with Crippen molar-refractivity contribution in [3.05, 3.63) is 35.0 Å². The molecule has 5 nitrogen and oxygen atoms in total. The van der Waals surface area contributed by atoms with Gasteiger partial charge in [-0.25, -0.2) is 4.79 Å². The summed E-state index contributed by atoms with van der Waals surface area (Å²) in [6.07, 6.45) is 4.42. The molecule has 3 rings (SSSR count). The molecule has 128 valence electrons. The molecule has 1 N–H and O–H groups in total. The number of halogens is 1. The van der Waals surface area contributed by atoms with E-state index in [1.165, 1.54) is 6.42 Å². The molecule has 24 heavy (non-hydrogen) atoms. The Morgan fingerprint density at radius 2 is 2.08 bits per heavy atom. The van der Waals surface area contributed by atoms with Crippen LogP contribution in [0, 0.1) is 5.92 Å². The van der Waals surface area contributed by atoms with Gasteiger partial charge in [0.1, 0.15) is 5.58 Å². The van der Waals surface area contributed by atoms with Crippen molar-refractivity contribution in [2.75, 3.05) is 6.61 Å². The number of ether oxygens (including phenoxy) is 1. The van der Waals surface area contributed by atoms with Crippen LogP contribution in [0.3, 0.4) is 0 Å². The number of amides is 1. The number of hydrogen-bond acceptors (Lipinski definition) is 4. The quantitative estimate of drug-likeness (QED) is 0.849. The van der Waals surface area contributed by atoms with Gasteiger partial charge in [-0.1, -0.05) is 31.4 Å². The van der Waals surface area contributed by atoms with E-state index in [0.717, 1.165) is 24.6 Å². The van der Waals surface area contributed by atoms with Crippen LogP contribution in [-0.2, 0) is 9.53 Å². The summed E-state index contributed by atoms with van der Waals surface area (Å²) < 4.78 is 10.5. The molecule has 1 aromatic heterocycles. The fraction of sp³-hybridized carbons (Fsp3) is 0.444. The lowest BCUT2D eigenvalue weighted by molar-refractivity contribution is -0.125. The zero-order valence-electron chi connectivity index (χ0n) is 13.5. The number of esters is 1. The Labute approximate surface area is 145 Å². The van der Waals surface area contributed by atoms with E-state index >= 15 is 0 Å². The fourth-order valence-corrected chi connectivity index (χ4v) is 3.28. The molecule has 0 aliphatic heterocycles. The second kappa shape index (κ2) is 7.26. The summed E-state index contributed by atoms with van der Waals surface area (Å²) in [4.78, 5) is 24.0. The van der Waals surface area contributed by atoms with Crippen LogP contribution in [0.4, 0.5) is 0 Å². The van der Waals surface area contributed by atoms with Gasteiger partial charge in [0, 0.05) is 16.5 Å². The SMILES string of the molecule is C[C@H]1CCCC[C@H]1NC(=O)COC(=O)c1cc2cc(Cl)ccc2o1. The van der Waals surface area contributed by atoms with Gasteiger partial charge < -0.3 is 14.5 Å². The van der Waals surface area contributed by atoms with Crippen LogP contribution < -0.4 is 5.32 Å². The van der Waals surface area contributed by atoms with Gasteiger partial charge in [0.2, 0.25) is 5.76 Å². The topological polar surface area (TPSA) is 68.5 Å². The lowest BCUT2D eigenvalue weighted by Crippen LogP contribution is -2.42. The van der Waals surface area contributed by atoms with Gasteiger partial charge in [0.25, 0.3) is 5.91 Å². The molecule has 0 bridgehead atoms. The van der Waals surface area contributed by atoms with Crippen molar-refractivity contribution in [3.63, 3.8) is 0 Å². The fourth-order valence-electron chi connectivity index (χ4n) is 3.10. The first kappa shape index (κ1) is 16.8. The molecule has 0 spiro atoms. The lowest BCUT2D eigenvalue weighted by atomic mass is 9.86. The van der Waals surface area contributed by atoms with E-state index in [0.29, 0.717) is 16.5 Å². The van der Waals surface area contributed by atoms with E-state index in [2.05, 4.69) is 12.2 Å². The number of nitrogens with one attached hydrogen (secondary N) is 1. The smallest absolute Gasteiger partial charge is 0.374 e. The van der Waals surface area contributed by atoms with Crippen molar-refractivity contribution in [3.8, 4) is 0 Å². The van der Waals surface area contributed by atoms with Crippen LogP contribution in [-0.4, -0.2) is 24.5 Å². The molecule has 1 aromatic carbocycles. The Balaban J connectivity index is 1.55. The Bertz CT molecular complexity index is 755. The van der Waals surface area contributed by atoms with E-state index in [1.807, 2.05) is 0 Å². The Morgan fingerprint density at radius 1 is 1.29 bits per heavy atom. The molecule has 0 saturated heterocycles.